The Morgan fingerprint density at radius 3 is 2.71 bits per heavy atom. The van der Waals surface area contributed by atoms with E-state index >= 15 is 0 Å². The minimum absolute atomic E-state index is 0.105. The molecule has 0 aliphatic heterocycles. The topological polar surface area (TPSA) is 114 Å². The summed E-state index contributed by atoms with van der Waals surface area (Å²) in [6, 6.07) is 1.54. The van der Waals surface area contributed by atoms with Crippen molar-refractivity contribution in [2.24, 2.45) is 0 Å². The lowest BCUT2D eigenvalue weighted by molar-refractivity contribution is -0.114. The van der Waals surface area contributed by atoms with Crippen molar-refractivity contribution in [1.29, 1.82) is 0 Å². The van der Waals surface area contributed by atoms with Gasteiger partial charge in [-0.05, 0) is 18.6 Å². The number of hydrogen-bond donors (Lipinski definition) is 2. The fourth-order valence-electron chi connectivity index (χ4n) is 1.33. The molecule has 0 radical (unpaired) electrons. The highest BCUT2D eigenvalue weighted by molar-refractivity contribution is 7.94. The Morgan fingerprint density at radius 2 is 2.10 bits per heavy atom. The van der Waals surface area contributed by atoms with Crippen LogP contribution in [-0.4, -0.2) is 29.5 Å². The van der Waals surface area contributed by atoms with Crippen LogP contribution in [0.25, 0.3) is 0 Å². The van der Waals surface area contributed by atoms with Gasteiger partial charge in [-0.1, -0.05) is 22.9 Å². The molecule has 2 heterocycles. The molecule has 0 bridgehead atoms. The van der Waals surface area contributed by atoms with Gasteiger partial charge in [0.25, 0.3) is 14.4 Å². The summed E-state index contributed by atoms with van der Waals surface area (Å²) in [5, 5.41) is 9.87. The number of sulfonamides is 1. The van der Waals surface area contributed by atoms with Gasteiger partial charge in [-0.3, -0.25) is 9.52 Å². The van der Waals surface area contributed by atoms with E-state index in [4.69, 9.17) is 11.6 Å². The Balaban J connectivity index is 2.23. The largest absolute Gasteiger partial charge is 0.301 e. The molecule has 2 N–H and O–H groups in total. The summed E-state index contributed by atoms with van der Waals surface area (Å²) >= 11 is 6.52. The van der Waals surface area contributed by atoms with Crippen LogP contribution in [0.4, 0.5) is 10.8 Å². The molecule has 0 saturated heterocycles. The zero-order chi connectivity index (χ0) is 15.6. The van der Waals surface area contributed by atoms with Crippen molar-refractivity contribution in [3.05, 3.63) is 23.0 Å². The molecule has 0 spiro atoms. The molecule has 2 rings (SSSR count). The Morgan fingerprint density at radius 1 is 1.38 bits per heavy atom. The predicted octanol–water partition coefficient (Wildman–Crippen LogP) is 1.65. The molecular formula is C10H10ClN5O3S2. The quantitative estimate of drug-likeness (QED) is 0.642. The summed E-state index contributed by atoms with van der Waals surface area (Å²) in [4.78, 5) is 14.7. The number of rotatable bonds is 4. The summed E-state index contributed by atoms with van der Waals surface area (Å²) in [7, 11) is -3.90. The lowest BCUT2D eigenvalue weighted by Gasteiger charge is -2.05. The molecule has 11 heteroatoms. The van der Waals surface area contributed by atoms with Gasteiger partial charge < -0.3 is 5.32 Å². The number of aromatic nitrogens is 3. The monoisotopic (exact) mass is 347 g/mol. The summed E-state index contributed by atoms with van der Waals surface area (Å²) in [6.45, 7) is 2.99. The van der Waals surface area contributed by atoms with E-state index in [2.05, 4.69) is 25.2 Å². The van der Waals surface area contributed by atoms with Crippen LogP contribution in [-0.2, 0) is 14.8 Å². The van der Waals surface area contributed by atoms with Crippen molar-refractivity contribution in [2.75, 3.05) is 10.0 Å². The third-order valence-electron chi connectivity index (χ3n) is 2.19. The number of nitrogens with zero attached hydrogens (tertiary/aromatic N) is 3. The van der Waals surface area contributed by atoms with E-state index in [1.165, 1.54) is 13.1 Å². The second-order valence-electron chi connectivity index (χ2n) is 3.99. The van der Waals surface area contributed by atoms with E-state index in [1.807, 2.05) is 0 Å². The van der Waals surface area contributed by atoms with Crippen molar-refractivity contribution in [3.63, 3.8) is 0 Å². The van der Waals surface area contributed by atoms with Gasteiger partial charge >= 0.3 is 0 Å². The highest BCUT2D eigenvalue weighted by atomic mass is 35.5. The number of carbonyl (C=O) groups excluding carboxylic acids is 1. The van der Waals surface area contributed by atoms with Crippen molar-refractivity contribution in [2.45, 2.75) is 18.2 Å². The van der Waals surface area contributed by atoms with Gasteiger partial charge in [0, 0.05) is 6.92 Å². The molecular weight excluding hydrogens is 338 g/mol. The van der Waals surface area contributed by atoms with E-state index < -0.39 is 10.0 Å². The smallest absolute Gasteiger partial charge is 0.291 e. The first-order chi connectivity index (χ1) is 9.78. The number of anilines is 2. The molecule has 0 saturated carbocycles. The maximum absolute atomic E-state index is 12.1. The standard InChI is InChI=1S/C10H10ClN5O3S2/c1-5-3-7(4-12-8(5)11)16-21(18,19)10-15-14-9(20-10)13-6(2)17/h3-4,16H,1-2H3,(H,13,14,17). The lowest BCUT2D eigenvalue weighted by Crippen LogP contribution is -2.13. The maximum atomic E-state index is 12.1. The summed E-state index contributed by atoms with van der Waals surface area (Å²) in [5.74, 6) is -0.361. The molecule has 1 amide bonds. The Labute approximate surface area is 129 Å². The molecule has 0 unspecified atom stereocenters. The Kier molecular flexibility index (Phi) is 4.40. The van der Waals surface area contributed by atoms with E-state index in [0.717, 1.165) is 11.3 Å². The van der Waals surface area contributed by atoms with Crippen LogP contribution in [0.5, 0.6) is 0 Å². The van der Waals surface area contributed by atoms with Gasteiger partial charge in [0.15, 0.2) is 0 Å². The van der Waals surface area contributed by atoms with Crippen LogP contribution in [0.1, 0.15) is 12.5 Å². The molecule has 0 aliphatic carbocycles. The second-order valence-corrected chi connectivity index (χ2v) is 7.18. The number of nitrogens with one attached hydrogen (secondary N) is 2. The molecule has 0 aliphatic rings. The van der Waals surface area contributed by atoms with Crippen molar-refractivity contribution in [1.82, 2.24) is 15.2 Å². The van der Waals surface area contributed by atoms with Crippen LogP contribution >= 0.6 is 22.9 Å². The molecule has 0 fully saturated rings. The van der Waals surface area contributed by atoms with Crippen molar-refractivity contribution in [3.8, 4) is 0 Å². The molecule has 0 atom stereocenters. The average Bonchev–Trinajstić information content (AvgIpc) is 2.82. The fourth-order valence-corrected chi connectivity index (χ4v) is 3.42. The molecule has 8 nitrogen and oxygen atoms in total. The van der Waals surface area contributed by atoms with Gasteiger partial charge in [-0.15, -0.1) is 10.2 Å². The Hall–Kier alpha value is -1.78. The first-order valence-electron chi connectivity index (χ1n) is 5.54. The molecule has 21 heavy (non-hydrogen) atoms. The zero-order valence-electron chi connectivity index (χ0n) is 10.9. The van der Waals surface area contributed by atoms with Crippen LogP contribution < -0.4 is 10.0 Å². The highest BCUT2D eigenvalue weighted by Gasteiger charge is 2.21. The van der Waals surface area contributed by atoms with E-state index in [0.29, 0.717) is 10.7 Å². The van der Waals surface area contributed by atoms with Gasteiger partial charge in [0.2, 0.25) is 11.0 Å². The third kappa shape index (κ3) is 3.86. The van der Waals surface area contributed by atoms with E-state index in [9.17, 15) is 13.2 Å². The van der Waals surface area contributed by atoms with Crippen LogP contribution in [0, 0.1) is 6.92 Å². The van der Waals surface area contributed by atoms with Gasteiger partial charge in [-0.25, -0.2) is 4.98 Å². The van der Waals surface area contributed by atoms with E-state index in [-0.39, 0.29) is 21.1 Å². The predicted molar refractivity (Wildman–Crippen MR) is 79.0 cm³/mol. The number of pyridine rings is 1. The van der Waals surface area contributed by atoms with E-state index in [1.54, 1.807) is 13.0 Å². The number of halogens is 1. The van der Waals surface area contributed by atoms with Crippen LogP contribution in [0.3, 0.4) is 0 Å². The van der Waals surface area contributed by atoms with Crippen molar-refractivity contribution >= 4 is 49.7 Å². The lowest BCUT2D eigenvalue weighted by atomic mass is 10.3. The molecule has 2 aromatic rings. The van der Waals surface area contributed by atoms with Gasteiger partial charge in [-0.2, -0.15) is 8.42 Å². The fraction of sp³-hybridized carbons (Fsp3) is 0.200. The summed E-state index contributed by atoms with van der Waals surface area (Å²) in [5.41, 5.74) is 0.890. The first kappa shape index (κ1) is 15.6. The van der Waals surface area contributed by atoms with Crippen LogP contribution in [0.15, 0.2) is 16.6 Å². The summed E-state index contributed by atoms with van der Waals surface area (Å²) in [6.07, 6.45) is 1.29. The minimum Gasteiger partial charge on any atom is -0.301 e. The molecule has 0 aromatic carbocycles. The number of aryl methyl sites for hydroxylation is 1. The molecule has 112 valence electrons. The second kappa shape index (κ2) is 5.92. The minimum atomic E-state index is -3.90. The number of hydrogen-bond acceptors (Lipinski definition) is 7. The molecule has 2 aromatic heterocycles. The highest BCUT2D eigenvalue weighted by Crippen LogP contribution is 2.23. The normalized spacial score (nSPS) is 11.2. The van der Waals surface area contributed by atoms with Gasteiger partial charge in [0.05, 0.1) is 11.9 Å². The van der Waals surface area contributed by atoms with Gasteiger partial charge in [0.1, 0.15) is 5.15 Å². The van der Waals surface area contributed by atoms with Crippen LogP contribution in [0.2, 0.25) is 5.15 Å². The van der Waals surface area contributed by atoms with Crippen molar-refractivity contribution < 1.29 is 13.2 Å². The summed E-state index contributed by atoms with van der Waals surface area (Å²) < 4.78 is 26.3. The zero-order valence-corrected chi connectivity index (χ0v) is 13.3. The average molecular weight is 348 g/mol. The maximum Gasteiger partial charge on any atom is 0.291 e. The Bertz CT molecular complexity index is 790. The number of amides is 1. The third-order valence-corrected chi connectivity index (χ3v) is 5.17. The SMILES string of the molecule is CC(=O)Nc1nnc(S(=O)(=O)Nc2cnc(Cl)c(C)c2)s1. The first-order valence-corrected chi connectivity index (χ1v) is 8.22. The number of carbonyl (C=O) groups is 1.